The van der Waals surface area contributed by atoms with Gasteiger partial charge in [0.25, 0.3) is 0 Å². The van der Waals surface area contributed by atoms with Gasteiger partial charge in [0.1, 0.15) is 5.75 Å². The van der Waals surface area contributed by atoms with Gasteiger partial charge in [-0.3, -0.25) is 4.98 Å². The molecular weight excluding hydrogens is 467 g/mol. The topological polar surface area (TPSA) is 78.8 Å². The Kier molecular flexibility index (Phi) is 11.1. The van der Waals surface area contributed by atoms with E-state index in [1.165, 1.54) is 32.1 Å². The molecule has 1 aromatic rings. The van der Waals surface area contributed by atoms with Crippen molar-refractivity contribution >= 4 is 29.9 Å². The van der Waals surface area contributed by atoms with Crippen LogP contribution in [0.1, 0.15) is 62.3 Å². The molecule has 0 bridgehead atoms. The molecule has 1 aromatic heterocycles. The fraction of sp³-hybridized carbons (Fsp3) is 0.714. The van der Waals surface area contributed by atoms with Crippen molar-refractivity contribution in [1.29, 1.82) is 0 Å². The van der Waals surface area contributed by atoms with Gasteiger partial charge in [-0.1, -0.05) is 19.3 Å². The molecule has 0 aromatic carbocycles. The third-order valence-electron chi connectivity index (χ3n) is 5.67. The highest BCUT2D eigenvalue weighted by Crippen LogP contribution is 2.38. The van der Waals surface area contributed by atoms with E-state index >= 15 is 0 Å². The molecule has 6 nitrogen and oxygen atoms in total. The van der Waals surface area contributed by atoms with Gasteiger partial charge in [-0.05, 0) is 45.4 Å². The lowest BCUT2D eigenvalue weighted by Gasteiger charge is -2.37. The lowest BCUT2D eigenvalue weighted by molar-refractivity contribution is 0.131. The van der Waals surface area contributed by atoms with Gasteiger partial charge >= 0.3 is 0 Å². The van der Waals surface area contributed by atoms with Crippen LogP contribution in [0.15, 0.2) is 11.2 Å². The Labute approximate surface area is 187 Å². The van der Waals surface area contributed by atoms with Crippen molar-refractivity contribution < 1.29 is 9.84 Å². The van der Waals surface area contributed by atoms with E-state index in [1.807, 2.05) is 20.0 Å². The van der Waals surface area contributed by atoms with Crippen LogP contribution in [-0.4, -0.2) is 42.9 Å². The van der Waals surface area contributed by atoms with Crippen LogP contribution in [0.2, 0.25) is 0 Å². The molecule has 1 aliphatic rings. The van der Waals surface area contributed by atoms with Gasteiger partial charge < -0.3 is 20.5 Å². The Morgan fingerprint density at radius 1 is 1.25 bits per heavy atom. The Balaban J connectivity index is 0.00000392. The Bertz CT molecular complexity index is 626. The zero-order chi connectivity index (χ0) is 19.7. The first kappa shape index (κ1) is 24.9. The smallest absolute Gasteiger partial charge is 0.191 e. The summed E-state index contributed by atoms with van der Waals surface area (Å²) in [5.74, 6) is 1.69. The molecule has 3 N–H and O–H groups in total. The van der Waals surface area contributed by atoms with Gasteiger partial charge in [0.2, 0.25) is 0 Å². The first-order chi connectivity index (χ1) is 13.0. The van der Waals surface area contributed by atoms with Crippen LogP contribution in [0.25, 0.3) is 0 Å². The van der Waals surface area contributed by atoms with Gasteiger partial charge in [-0.2, -0.15) is 0 Å². The number of methoxy groups -OCH3 is 1. The van der Waals surface area contributed by atoms with Gasteiger partial charge in [0.15, 0.2) is 5.96 Å². The molecule has 0 unspecified atom stereocenters. The number of hydrogen-bond acceptors (Lipinski definition) is 4. The summed E-state index contributed by atoms with van der Waals surface area (Å²) in [5, 5.41) is 16.4. The number of rotatable bonds is 8. The van der Waals surface area contributed by atoms with Crippen molar-refractivity contribution in [2.45, 2.75) is 65.8 Å². The summed E-state index contributed by atoms with van der Waals surface area (Å²) in [4.78, 5) is 9.27. The van der Waals surface area contributed by atoms with Crippen molar-refractivity contribution in [3.05, 3.63) is 23.0 Å². The van der Waals surface area contributed by atoms with E-state index in [2.05, 4.69) is 22.5 Å². The molecule has 0 saturated heterocycles. The summed E-state index contributed by atoms with van der Waals surface area (Å²) in [6.07, 6.45) is 8.86. The van der Waals surface area contributed by atoms with E-state index in [1.54, 1.807) is 7.11 Å². The van der Waals surface area contributed by atoms with Crippen LogP contribution in [0, 0.1) is 19.3 Å². The number of aliphatic hydroxyl groups is 1. The molecule has 7 heteroatoms. The maximum atomic E-state index is 9.51. The van der Waals surface area contributed by atoms with Gasteiger partial charge in [0, 0.05) is 37.0 Å². The number of hydrogen-bond donors (Lipinski definition) is 3. The highest BCUT2D eigenvalue weighted by Gasteiger charge is 2.31. The fourth-order valence-corrected chi connectivity index (χ4v) is 4.05. The summed E-state index contributed by atoms with van der Waals surface area (Å²) >= 11 is 0. The summed E-state index contributed by atoms with van der Waals surface area (Å²) in [6, 6.07) is 0. The number of ether oxygens (including phenoxy) is 1. The highest BCUT2D eigenvalue weighted by molar-refractivity contribution is 14.0. The summed E-state index contributed by atoms with van der Waals surface area (Å²) in [7, 11) is 1.69. The average molecular weight is 504 g/mol. The van der Waals surface area contributed by atoms with Crippen LogP contribution < -0.4 is 15.4 Å². The molecule has 0 spiro atoms. The number of halogens is 1. The molecule has 0 aliphatic heterocycles. The number of aromatic nitrogens is 1. The van der Waals surface area contributed by atoms with Crippen LogP contribution in [0.5, 0.6) is 5.75 Å². The maximum absolute atomic E-state index is 9.51. The molecule has 1 heterocycles. The summed E-state index contributed by atoms with van der Waals surface area (Å²) in [6.45, 7) is 8.52. The van der Waals surface area contributed by atoms with Crippen molar-refractivity contribution in [3.8, 4) is 5.75 Å². The second-order valence-corrected chi connectivity index (χ2v) is 7.63. The molecule has 2 rings (SSSR count). The van der Waals surface area contributed by atoms with Gasteiger partial charge in [-0.15, -0.1) is 24.0 Å². The molecule has 0 amide bonds. The van der Waals surface area contributed by atoms with Crippen LogP contribution in [0.3, 0.4) is 0 Å². The van der Waals surface area contributed by atoms with Crippen LogP contribution in [-0.2, 0) is 6.54 Å². The fourth-order valence-electron chi connectivity index (χ4n) is 4.05. The number of aryl methyl sites for hydroxylation is 1. The van der Waals surface area contributed by atoms with Crippen molar-refractivity contribution in [3.63, 3.8) is 0 Å². The van der Waals surface area contributed by atoms with E-state index in [0.717, 1.165) is 48.0 Å². The molecule has 1 saturated carbocycles. The number of nitrogens with zero attached hydrogens (tertiary/aromatic N) is 2. The number of nitrogens with one attached hydrogen (secondary N) is 2. The third-order valence-corrected chi connectivity index (χ3v) is 5.67. The van der Waals surface area contributed by atoms with Crippen molar-refractivity contribution in [2.75, 3.05) is 26.8 Å². The van der Waals surface area contributed by atoms with Crippen molar-refractivity contribution in [1.82, 2.24) is 15.6 Å². The monoisotopic (exact) mass is 504 g/mol. The Morgan fingerprint density at radius 2 is 1.96 bits per heavy atom. The van der Waals surface area contributed by atoms with Gasteiger partial charge in [-0.25, -0.2) is 4.99 Å². The minimum atomic E-state index is 0. The van der Waals surface area contributed by atoms with Crippen molar-refractivity contribution in [2.24, 2.45) is 10.4 Å². The second kappa shape index (κ2) is 12.5. The number of guanidine groups is 1. The molecule has 160 valence electrons. The predicted molar refractivity (Wildman–Crippen MR) is 126 cm³/mol. The zero-order valence-corrected chi connectivity index (χ0v) is 20.1. The minimum Gasteiger partial charge on any atom is -0.496 e. The molecule has 0 radical (unpaired) electrons. The average Bonchev–Trinajstić information content (AvgIpc) is 2.67. The third kappa shape index (κ3) is 6.76. The lowest BCUT2D eigenvalue weighted by atomic mass is 9.72. The standard InChI is InChI=1S/C21H36N4O2.HI/c1-5-22-20(25-15-21(11-12-26)9-7-6-8-10-21)24-14-18-17(3)19(27-4)16(2)13-23-18;/h13,26H,5-12,14-15H2,1-4H3,(H2,22,24,25);1H. The van der Waals surface area contributed by atoms with Crippen LogP contribution >= 0.6 is 24.0 Å². The number of aliphatic hydroxyl groups excluding tert-OH is 1. The molecule has 1 fully saturated rings. The van der Waals surface area contributed by atoms with E-state index in [9.17, 15) is 5.11 Å². The van der Waals surface area contributed by atoms with E-state index in [0.29, 0.717) is 6.54 Å². The predicted octanol–water partition coefficient (Wildman–Crippen LogP) is 3.71. The van der Waals surface area contributed by atoms with E-state index < -0.39 is 0 Å². The summed E-state index contributed by atoms with van der Waals surface area (Å²) < 4.78 is 5.49. The van der Waals surface area contributed by atoms with E-state index in [4.69, 9.17) is 9.73 Å². The normalized spacial score (nSPS) is 16.2. The van der Waals surface area contributed by atoms with E-state index in [-0.39, 0.29) is 36.0 Å². The Hall–Kier alpha value is -1.09. The molecule has 28 heavy (non-hydrogen) atoms. The van der Waals surface area contributed by atoms with Crippen LogP contribution in [0.4, 0.5) is 0 Å². The first-order valence-corrected chi connectivity index (χ1v) is 10.2. The molecule has 0 atom stereocenters. The summed E-state index contributed by atoms with van der Waals surface area (Å²) in [5.41, 5.74) is 3.19. The second-order valence-electron chi connectivity index (χ2n) is 7.63. The molecule has 1 aliphatic carbocycles. The zero-order valence-electron chi connectivity index (χ0n) is 17.8. The minimum absolute atomic E-state index is 0. The largest absolute Gasteiger partial charge is 0.496 e. The highest BCUT2D eigenvalue weighted by atomic mass is 127. The van der Waals surface area contributed by atoms with Gasteiger partial charge in [0.05, 0.1) is 19.3 Å². The SMILES string of the molecule is CCNC(=NCc1ncc(C)c(OC)c1C)NCC1(CCO)CCCCC1.I. The maximum Gasteiger partial charge on any atom is 0.191 e. The lowest BCUT2D eigenvalue weighted by Crippen LogP contribution is -2.45. The number of pyridine rings is 1. The number of aliphatic imine (C=N–C) groups is 1. The Morgan fingerprint density at radius 3 is 2.57 bits per heavy atom. The first-order valence-electron chi connectivity index (χ1n) is 10.2. The molecular formula is C21H37IN4O2. The quantitative estimate of drug-likeness (QED) is 0.286.